The quantitative estimate of drug-likeness (QED) is 0.820. The van der Waals surface area contributed by atoms with Gasteiger partial charge in [-0.05, 0) is 42.7 Å². The van der Waals surface area contributed by atoms with Gasteiger partial charge in [-0.25, -0.2) is 0 Å². The zero-order valence-electron chi connectivity index (χ0n) is 11.6. The highest BCUT2D eigenvalue weighted by Gasteiger charge is 2.32. The molecule has 1 aliphatic rings. The molecule has 2 heteroatoms. The van der Waals surface area contributed by atoms with E-state index in [9.17, 15) is 0 Å². The van der Waals surface area contributed by atoms with Crippen LogP contribution in [0, 0.1) is 5.92 Å². The van der Waals surface area contributed by atoms with Gasteiger partial charge in [0.15, 0.2) is 0 Å². The molecular formula is C16H24ClN. The van der Waals surface area contributed by atoms with E-state index in [1.54, 1.807) is 0 Å². The first-order valence-corrected chi connectivity index (χ1v) is 7.50. The summed E-state index contributed by atoms with van der Waals surface area (Å²) in [7, 11) is 0. The third-order valence-corrected chi connectivity index (χ3v) is 4.52. The molecule has 1 N–H and O–H groups in total. The van der Waals surface area contributed by atoms with Crippen molar-refractivity contribution in [2.75, 3.05) is 0 Å². The standard InChI is InChI=1S/C16H24ClN/c1-4-16(11(2)3)18-13-9-12(10-13)14-7-5-6-8-15(14)17/h5-8,11-13,16,18H,4,9-10H2,1-3H3. The van der Waals surface area contributed by atoms with Crippen LogP contribution in [-0.4, -0.2) is 12.1 Å². The summed E-state index contributed by atoms with van der Waals surface area (Å²) < 4.78 is 0. The molecule has 1 atom stereocenters. The van der Waals surface area contributed by atoms with Gasteiger partial charge >= 0.3 is 0 Å². The number of benzene rings is 1. The Bertz CT molecular complexity index is 382. The minimum Gasteiger partial charge on any atom is -0.311 e. The van der Waals surface area contributed by atoms with Gasteiger partial charge < -0.3 is 5.32 Å². The predicted octanol–water partition coefficient (Wildman–Crippen LogP) is 4.61. The molecule has 1 saturated carbocycles. The van der Waals surface area contributed by atoms with Crippen molar-refractivity contribution < 1.29 is 0 Å². The molecule has 1 aromatic carbocycles. The van der Waals surface area contributed by atoms with Crippen LogP contribution in [0.25, 0.3) is 0 Å². The smallest absolute Gasteiger partial charge is 0.0440 e. The van der Waals surface area contributed by atoms with Crippen LogP contribution >= 0.6 is 11.6 Å². The van der Waals surface area contributed by atoms with Gasteiger partial charge in [0.2, 0.25) is 0 Å². The second-order valence-electron chi connectivity index (χ2n) is 5.81. The first kappa shape index (κ1) is 13.9. The van der Waals surface area contributed by atoms with E-state index in [2.05, 4.69) is 38.2 Å². The molecule has 0 heterocycles. The summed E-state index contributed by atoms with van der Waals surface area (Å²) in [5.74, 6) is 1.37. The van der Waals surface area contributed by atoms with E-state index >= 15 is 0 Å². The number of hydrogen-bond acceptors (Lipinski definition) is 1. The van der Waals surface area contributed by atoms with Crippen LogP contribution in [0.5, 0.6) is 0 Å². The average molecular weight is 266 g/mol. The largest absolute Gasteiger partial charge is 0.311 e. The van der Waals surface area contributed by atoms with Crippen LogP contribution in [0.3, 0.4) is 0 Å². The maximum absolute atomic E-state index is 6.24. The highest BCUT2D eigenvalue weighted by Crippen LogP contribution is 2.40. The molecule has 1 aromatic rings. The first-order valence-electron chi connectivity index (χ1n) is 7.12. The van der Waals surface area contributed by atoms with Crippen LogP contribution in [0.4, 0.5) is 0 Å². The summed E-state index contributed by atoms with van der Waals surface area (Å²) in [4.78, 5) is 0. The summed E-state index contributed by atoms with van der Waals surface area (Å²) in [5.41, 5.74) is 1.33. The van der Waals surface area contributed by atoms with Gasteiger partial charge in [0, 0.05) is 17.1 Å². The molecule has 1 unspecified atom stereocenters. The molecule has 0 amide bonds. The molecule has 1 fully saturated rings. The SMILES string of the molecule is CCC(NC1CC(c2ccccc2Cl)C1)C(C)C. The van der Waals surface area contributed by atoms with Crippen molar-refractivity contribution in [3.8, 4) is 0 Å². The van der Waals surface area contributed by atoms with Gasteiger partial charge in [-0.15, -0.1) is 0 Å². The van der Waals surface area contributed by atoms with Crippen molar-refractivity contribution in [1.29, 1.82) is 0 Å². The molecule has 18 heavy (non-hydrogen) atoms. The Morgan fingerprint density at radius 1 is 1.28 bits per heavy atom. The lowest BCUT2D eigenvalue weighted by Gasteiger charge is -2.40. The van der Waals surface area contributed by atoms with Gasteiger partial charge in [0.25, 0.3) is 0 Å². The summed E-state index contributed by atoms with van der Waals surface area (Å²) in [6.07, 6.45) is 3.67. The summed E-state index contributed by atoms with van der Waals surface area (Å²) in [6.45, 7) is 6.86. The molecule has 0 saturated heterocycles. The zero-order chi connectivity index (χ0) is 13.1. The van der Waals surface area contributed by atoms with Crippen molar-refractivity contribution in [2.45, 2.75) is 58.0 Å². The van der Waals surface area contributed by atoms with Crippen molar-refractivity contribution in [1.82, 2.24) is 5.32 Å². The van der Waals surface area contributed by atoms with Gasteiger partial charge in [-0.1, -0.05) is 50.6 Å². The zero-order valence-corrected chi connectivity index (χ0v) is 12.4. The fourth-order valence-corrected chi connectivity index (χ4v) is 3.19. The number of nitrogens with one attached hydrogen (secondary N) is 1. The molecule has 1 nitrogen and oxygen atoms in total. The van der Waals surface area contributed by atoms with Gasteiger partial charge in [0.05, 0.1) is 0 Å². The van der Waals surface area contributed by atoms with Crippen molar-refractivity contribution in [3.05, 3.63) is 34.9 Å². The lowest BCUT2D eigenvalue weighted by molar-refractivity contribution is 0.237. The fourth-order valence-electron chi connectivity index (χ4n) is 2.90. The van der Waals surface area contributed by atoms with Gasteiger partial charge in [-0.2, -0.15) is 0 Å². The normalized spacial score (nSPS) is 24.9. The Morgan fingerprint density at radius 3 is 2.50 bits per heavy atom. The van der Waals surface area contributed by atoms with E-state index in [1.165, 1.54) is 24.8 Å². The Kier molecular flexibility index (Phi) is 4.69. The van der Waals surface area contributed by atoms with Crippen LogP contribution < -0.4 is 5.32 Å². The Labute approximate surface area is 116 Å². The van der Waals surface area contributed by atoms with Crippen LogP contribution in [0.2, 0.25) is 5.02 Å². The third kappa shape index (κ3) is 3.07. The predicted molar refractivity (Wildman–Crippen MR) is 79.3 cm³/mol. The highest BCUT2D eigenvalue weighted by atomic mass is 35.5. The highest BCUT2D eigenvalue weighted by molar-refractivity contribution is 6.31. The Balaban J connectivity index is 1.86. The topological polar surface area (TPSA) is 12.0 Å². The van der Waals surface area contributed by atoms with Crippen molar-refractivity contribution in [3.63, 3.8) is 0 Å². The molecule has 0 radical (unpaired) electrons. The van der Waals surface area contributed by atoms with E-state index < -0.39 is 0 Å². The lowest BCUT2D eigenvalue weighted by atomic mass is 9.75. The fraction of sp³-hybridized carbons (Fsp3) is 0.625. The van der Waals surface area contributed by atoms with E-state index in [0.29, 0.717) is 18.0 Å². The summed E-state index contributed by atoms with van der Waals surface area (Å²) >= 11 is 6.24. The van der Waals surface area contributed by atoms with E-state index in [-0.39, 0.29) is 0 Å². The third-order valence-electron chi connectivity index (χ3n) is 4.18. The second kappa shape index (κ2) is 6.08. The lowest BCUT2D eigenvalue weighted by Crippen LogP contribution is -2.47. The molecule has 0 aliphatic heterocycles. The Hall–Kier alpha value is -0.530. The minimum absolute atomic E-state index is 0.654. The van der Waals surface area contributed by atoms with Crippen LogP contribution in [0.1, 0.15) is 51.5 Å². The Morgan fingerprint density at radius 2 is 1.94 bits per heavy atom. The molecule has 100 valence electrons. The first-order chi connectivity index (χ1) is 8.61. The molecule has 1 aliphatic carbocycles. The maximum atomic E-state index is 6.24. The average Bonchev–Trinajstić information content (AvgIpc) is 2.29. The van der Waals surface area contributed by atoms with Gasteiger partial charge in [0.1, 0.15) is 0 Å². The van der Waals surface area contributed by atoms with E-state index in [0.717, 1.165) is 10.9 Å². The van der Waals surface area contributed by atoms with Crippen molar-refractivity contribution in [2.24, 2.45) is 5.92 Å². The molecular weight excluding hydrogens is 242 g/mol. The summed E-state index contributed by atoms with van der Waals surface area (Å²) in [5, 5.41) is 4.71. The van der Waals surface area contributed by atoms with Crippen LogP contribution in [-0.2, 0) is 0 Å². The van der Waals surface area contributed by atoms with Gasteiger partial charge in [-0.3, -0.25) is 0 Å². The molecule has 0 aromatic heterocycles. The number of halogens is 1. The monoisotopic (exact) mass is 265 g/mol. The maximum Gasteiger partial charge on any atom is 0.0440 e. The van der Waals surface area contributed by atoms with Crippen molar-refractivity contribution >= 4 is 11.6 Å². The molecule has 0 spiro atoms. The number of hydrogen-bond donors (Lipinski definition) is 1. The van der Waals surface area contributed by atoms with E-state index in [4.69, 9.17) is 11.6 Å². The molecule has 0 bridgehead atoms. The molecule has 2 rings (SSSR count). The number of rotatable bonds is 5. The van der Waals surface area contributed by atoms with E-state index in [1.807, 2.05) is 12.1 Å². The minimum atomic E-state index is 0.654. The van der Waals surface area contributed by atoms with Crippen LogP contribution in [0.15, 0.2) is 24.3 Å². The second-order valence-corrected chi connectivity index (χ2v) is 6.22. The summed E-state index contributed by atoms with van der Waals surface area (Å²) in [6, 6.07) is 9.60.